The largest absolute Gasteiger partial charge is 0.496 e. The van der Waals surface area contributed by atoms with Gasteiger partial charge in [0.2, 0.25) is 0 Å². The summed E-state index contributed by atoms with van der Waals surface area (Å²) in [5.41, 5.74) is 6.90. The van der Waals surface area contributed by atoms with Crippen LogP contribution in [0.1, 0.15) is 34.6 Å². The molecule has 112 valence electrons. The Hall–Kier alpha value is -1.79. The Kier molecular flexibility index (Phi) is 5.03. The Morgan fingerprint density at radius 2 is 2.24 bits per heavy atom. The highest BCUT2D eigenvalue weighted by Crippen LogP contribution is 2.28. The molecule has 1 atom stereocenters. The zero-order chi connectivity index (χ0) is 15.4. The number of hydrogen-bond acceptors (Lipinski definition) is 4. The quantitative estimate of drug-likeness (QED) is 0.866. The summed E-state index contributed by atoms with van der Waals surface area (Å²) in [6.07, 6.45) is 1.41. The molecule has 0 fully saturated rings. The molecule has 0 saturated carbocycles. The Bertz CT molecular complexity index is 640. The molecule has 0 aliphatic heterocycles. The molecule has 2 aromatic rings. The number of nitrogens with two attached hydrogens (primary N) is 1. The van der Waals surface area contributed by atoms with Gasteiger partial charge >= 0.3 is 0 Å². The van der Waals surface area contributed by atoms with E-state index in [1.807, 2.05) is 25.1 Å². The minimum atomic E-state index is -0.196. The molecular formula is C15H17BrN2O3. The van der Waals surface area contributed by atoms with Crippen LogP contribution >= 0.6 is 15.9 Å². The van der Waals surface area contributed by atoms with E-state index in [-0.39, 0.29) is 18.5 Å². The third kappa shape index (κ3) is 3.65. The van der Waals surface area contributed by atoms with Crippen molar-refractivity contribution in [2.45, 2.75) is 19.5 Å². The van der Waals surface area contributed by atoms with Crippen LogP contribution in [-0.2, 0) is 6.54 Å². The van der Waals surface area contributed by atoms with Gasteiger partial charge in [0, 0.05) is 0 Å². The maximum Gasteiger partial charge on any atom is 0.255 e. The fraction of sp³-hybridized carbons (Fsp3) is 0.267. The topological polar surface area (TPSA) is 77.5 Å². The van der Waals surface area contributed by atoms with Gasteiger partial charge in [0.1, 0.15) is 17.8 Å². The average molecular weight is 353 g/mol. The zero-order valence-electron chi connectivity index (χ0n) is 11.9. The second-order valence-corrected chi connectivity index (χ2v) is 5.45. The maximum atomic E-state index is 12.1. The van der Waals surface area contributed by atoms with E-state index >= 15 is 0 Å². The Morgan fingerprint density at radius 3 is 2.81 bits per heavy atom. The minimum Gasteiger partial charge on any atom is -0.496 e. The maximum absolute atomic E-state index is 12.1. The van der Waals surface area contributed by atoms with Gasteiger partial charge in [-0.3, -0.25) is 4.79 Å². The monoisotopic (exact) mass is 352 g/mol. The fourth-order valence-corrected chi connectivity index (χ4v) is 2.48. The molecule has 1 aromatic heterocycles. The number of ether oxygens (including phenoxy) is 1. The lowest BCUT2D eigenvalue weighted by Gasteiger charge is -2.15. The second-order valence-electron chi connectivity index (χ2n) is 4.59. The number of rotatable bonds is 5. The smallest absolute Gasteiger partial charge is 0.255 e. The number of methoxy groups -OCH3 is 1. The van der Waals surface area contributed by atoms with Crippen molar-refractivity contribution in [2.24, 2.45) is 5.73 Å². The normalized spacial score (nSPS) is 12.0. The molecule has 2 rings (SSSR count). The van der Waals surface area contributed by atoms with Gasteiger partial charge < -0.3 is 20.2 Å². The van der Waals surface area contributed by atoms with E-state index in [9.17, 15) is 4.79 Å². The zero-order valence-corrected chi connectivity index (χ0v) is 13.4. The summed E-state index contributed by atoms with van der Waals surface area (Å²) in [6, 6.07) is 7.19. The molecule has 1 heterocycles. The van der Waals surface area contributed by atoms with Crippen molar-refractivity contribution in [1.82, 2.24) is 5.32 Å². The lowest BCUT2D eigenvalue weighted by atomic mass is 10.1. The van der Waals surface area contributed by atoms with E-state index in [1.54, 1.807) is 13.2 Å². The van der Waals surface area contributed by atoms with Crippen molar-refractivity contribution in [3.8, 4) is 5.75 Å². The molecule has 0 aliphatic carbocycles. The SMILES string of the molecule is COc1ccc(C(C)NC(=O)c2coc(CN)c2)cc1Br. The van der Waals surface area contributed by atoms with Gasteiger partial charge in [-0.1, -0.05) is 6.07 Å². The van der Waals surface area contributed by atoms with Gasteiger partial charge in [-0.25, -0.2) is 0 Å². The number of benzene rings is 1. The highest BCUT2D eigenvalue weighted by molar-refractivity contribution is 9.10. The van der Waals surface area contributed by atoms with Gasteiger partial charge in [0.15, 0.2) is 0 Å². The van der Waals surface area contributed by atoms with Crippen LogP contribution in [0.25, 0.3) is 0 Å². The van der Waals surface area contributed by atoms with Crippen molar-refractivity contribution >= 4 is 21.8 Å². The van der Waals surface area contributed by atoms with E-state index in [0.29, 0.717) is 11.3 Å². The van der Waals surface area contributed by atoms with Crippen LogP contribution in [0.3, 0.4) is 0 Å². The number of carbonyl (C=O) groups excluding carboxylic acids is 1. The summed E-state index contributed by atoms with van der Waals surface area (Å²) in [6.45, 7) is 2.18. The van der Waals surface area contributed by atoms with Gasteiger partial charge in [-0.05, 0) is 46.6 Å². The van der Waals surface area contributed by atoms with Crippen molar-refractivity contribution < 1.29 is 13.9 Å². The molecule has 1 unspecified atom stereocenters. The molecule has 21 heavy (non-hydrogen) atoms. The molecule has 6 heteroatoms. The summed E-state index contributed by atoms with van der Waals surface area (Å²) >= 11 is 3.43. The Labute approximate surface area is 131 Å². The van der Waals surface area contributed by atoms with Gasteiger partial charge in [0.25, 0.3) is 5.91 Å². The second kappa shape index (κ2) is 6.78. The summed E-state index contributed by atoms with van der Waals surface area (Å²) in [5, 5.41) is 2.91. The van der Waals surface area contributed by atoms with E-state index in [2.05, 4.69) is 21.2 Å². The summed E-state index contributed by atoms with van der Waals surface area (Å²) in [7, 11) is 1.61. The van der Waals surface area contributed by atoms with Crippen molar-refractivity contribution in [3.05, 3.63) is 51.9 Å². The Morgan fingerprint density at radius 1 is 1.48 bits per heavy atom. The minimum absolute atomic E-state index is 0.143. The molecule has 0 radical (unpaired) electrons. The Balaban J connectivity index is 2.08. The molecule has 0 aliphatic rings. The van der Waals surface area contributed by atoms with Gasteiger partial charge in [-0.2, -0.15) is 0 Å². The first-order valence-corrected chi connectivity index (χ1v) is 7.26. The van der Waals surface area contributed by atoms with Crippen LogP contribution in [0.2, 0.25) is 0 Å². The third-order valence-corrected chi connectivity index (χ3v) is 3.76. The van der Waals surface area contributed by atoms with E-state index in [1.165, 1.54) is 6.26 Å². The first-order valence-electron chi connectivity index (χ1n) is 6.47. The fourth-order valence-electron chi connectivity index (χ4n) is 1.92. The molecule has 1 aromatic carbocycles. The van der Waals surface area contributed by atoms with Crippen molar-refractivity contribution in [3.63, 3.8) is 0 Å². The molecule has 0 bridgehead atoms. The number of amides is 1. The predicted octanol–water partition coefficient (Wildman–Crippen LogP) is 3.00. The van der Waals surface area contributed by atoms with Crippen LogP contribution in [-0.4, -0.2) is 13.0 Å². The summed E-state index contributed by atoms with van der Waals surface area (Å²) in [5.74, 6) is 1.14. The third-order valence-electron chi connectivity index (χ3n) is 3.14. The number of carbonyl (C=O) groups is 1. The molecule has 0 spiro atoms. The number of hydrogen-bond donors (Lipinski definition) is 2. The molecule has 5 nitrogen and oxygen atoms in total. The molecule has 1 amide bonds. The number of furan rings is 1. The van der Waals surface area contributed by atoms with Crippen molar-refractivity contribution in [1.29, 1.82) is 0 Å². The van der Waals surface area contributed by atoms with Crippen molar-refractivity contribution in [2.75, 3.05) is 7.11 Å². The molecule has 3 N–H and O–H groups in total. The van der Waals surface area contributed by atoms with Crippen LogP contribution in [0, 0.1) is 0 Å². The van der Waals surface area contributed by atoms with Gasteiger partial charge in [-0.15, -0.1) is 0 Å². The van der Waals surface area contributed by atoms with E-state index in [4.69, 9.17) is 14.9 Å². The highest BCUT2D eigenvalue weighted by atomic mass is 79.9. The number of halogens is 1. The average Bonchev–Trinajstić information content (AvgIpc) is 2.96. The lowest BCUT2D eigenvalue weighted by Crippen LogP contribution is -2.26. The summed E-state index contributed by atoms with van der Waals surface area (Å²) in [4.78, 5) is 12.1. The van der Waals surface area contributed by atoms with Crippen LogP contribution < -0.4 is 15.8 Å². The van der Waals surface area contributed by atoms with Crippen LogP contribution in [0.4, 0.5) is 0 Å². The van der Waals surface area contributed by atoms with Crippen LogP contribution in [0.15, 0.2) is 39.4 Å². The highest BCUT2D eigenvalue weighted by Gasteiger charge is 2.14. The van der Waals surface area contributed by atoms with Gasteiger partial charge in [0.05, 0.1) is 29.7 Å². The standard InChI is InChI=1S/C15H17BrN2O3/c1-9(10-3-4-14(20-2)13(16)6-10)18-15(19)11-5-12(7-17)21-8-11/h3-6,8-9H,7,17H2,1-2H3,(H,18,19). The molecular weight excluding hydrogens is 336 g/mol. The summed E-state index contributed by atoms with van der Waals surface area (Å²) < 4.78 is 11.2. The molecule has 0 saturated heterocycles. The van der Waals surface area contributed by atoms with E-state index in [0.717, 1.165) is 15.8 Å². The predicted molar refractivity (Wildman–Crippen MR) is 83.2 cm³/mol. The first kappa shape index (κ1) is 15.6. The number of nitrogens with one attached hydrogen (secondary N) is 1. The lowest BCUT2D eigenvalue weighted by molar-refractivity contribution is 0.0939. The van der Waals surface area contributed by atoms with Crippen LogP contribution in [0.5, 0.6) is 5.75 Å². The first-order chi connectivity index (χ1) is 10.0. The van der Waals surface area contributed by atoms with E-state index < -0.39 is 0 Å².